The standard InChI is InChI=1S/C114H90BN9/c1-111(2,3)70-47-55-100-83(59-70)84-60-71(112(4,5)6)48-56-101(84)118(100)74-51-53-89-105(63-74)123(98-44-27-42-96(87(98)67-116)121-91-37-21-16-31-78(91)79-32-17-22-38-92(79)121)107-65-76(120-95-41-25-20-35-82(95)109-77(36-26-46-104(109)120)69-29-14-13-15-30-69)66-108-110(107)115(89)90-54-52-75(119-102-57-49-72(113(7,8)9)61-85(102)86-62-73(114(10,11)12)50-58-103(86)119)64-106(90)124(108)99-45-28-43-97(88(99)68-117)122-93-39-23-18-33-80(93)81-34-19-24-40-94(81)122/h13-66H,1-12H3. The number of para-hydroxylation sites is 5. The number of benzene rings is 16. The van der Waals surface area contributed by atoms with Crippen LogP contribution in [0, 0.1) is 22.7 Å². The lowest BCUT2D eigenvalue weighted by atomic mass is 9.33. The van der Waals surface area contributed by atoms with E-state index in [-0.39, 0.29) is 21.7 Å². The van der Waals surface area contributed by atoms with E-state index in [0.29, 0.717) is 22.5 Å². The molecule has 0 unspecified atom stereocenters. The number of nitrogens with zero attached hydrogens (tertiary/aromatic N) is 9. The molecule has 0 amide bonds. The topological polar surface area (TPSA) is 78.7 Å². The summed E-state index contributed by atoms with van der Waals surface area (Å²) >= 11 is 0. The van der Waals surface area contributed by atoms with Gasteiger partial charge in [-0.2, -0.15) is 10.5 Å². The Morgan fingerprint density at radius 2 is 0.540 bits per heavy atom. The minimum atomic E-state index is -0.455. The molecule has 21 aromatic rings. The highest BCUT2D eigenvalue weighted by Crippen LogP contribution is 2.53. The first kappa shape index (κ1) is 74.2. The summed E-state index contributed by atoms with van der Waals surface area (Å²) in [5.41, 5.74) is 30.9. The highest BCUT2D eigenvalue weighted by atomic mass is 15.2. The third-order valence-corrected chi connectivity index (χ3v) is 27.0. The number of fused-ring (bicyclic) bond motifs is 19. The summed E-state index contributed by atoms with van der Waals surface area (Å²) in [4.78, 5) is 4.90. The molecule has 0 atom stereocenters. The van der Waals surface area contributed by atoms with Crippen molar-refractivity contribution in [1.29, 1.82) is 10.5 Å². The van der Waals surface area contributed by atoms with E-state index in [0.717, 1.165) is 166 Å². The Kier molecular flexibility index (Phi) is 16.1. The highest BCUT2D eigenvalue weighted by molar-refractivity contribution is 7.00. The smallest absolute Gasteiger partial charge is 0.252 e. The summed E-state index contributed by atoms with van der Waals surface area (Å²) in [6, 6.07) is 127. The maximum atomic E-state index is 12.8. The Morgan fingerprint density at radius 3 is 0.911 bits per heavy atom. The molecule has 124 heavy (non-hydrogen) atoms. The van der Waals surface area contributed by atoms with Gasteiger partial charge < -0.3 is 32.6 Å². The second-order valence-corrected chi connectivity index (χ2v) is 38.3. The van der Waals surface area contributed by atoms with Gasteiger partial charge in [-0.1, -0.05) is 265 Å². The number of aromatic nitrogens is 5. The molecule has 0 bridgehead atoms. The summed E-state index contributed by atoms with van der Waals surface area (Å²) in [5, 5.41) is 37.0. The number of rotatable bonds is 8. The third-order valence-electron chi connectivity index (χ3n) is 27.0. The van der Waals surface area contributed by atoms with Crippen LogP contribution in [-0.2, 0) is 21.7 Å². The number of hydrogen-bond acceptors (Lipinski definition) is 4. The van der Waals surface area contributed by atoms with E-state index in [1.807, 2.05) is 0 Å². The third kappa shape index (κ3) is 10.9. The largest absolute Gasteiger partial charge is 0.310 e. The SMILES string of the molecule is CC(C)(C)c1ccc2c(c1)c1cc(C(C)(C)C)ccc1n2-c1ccc2c(c1)N(c1cccc(-n3c4ccccc4c4ccccc43)c1C#N)c1cc(-n3c4ccccc4c4c(-c5ccccc5)cccc43)cc3c1B2c1ccc(-n2c4ccc(C(C)(C)C)cc4c4cc(C(C)(C)C)ccc42)cc1N3c1cccc(-n2c3ccccc3c3ccccc32)c1C#N. The van der Waals surface area contributed by atoms with Crippen LogP contribution in [0.1, 0.15) is 116 Å². The fraction of sp³-hybridized carbons (Fsp3) is 0.140. The van der Waals surface area contributed by atoms with E-state index in [2.05, 4.69) is 455 Å². The van der Waals surface area contributed by atoms with Gasteiger partial charge in [0.05, 0.1) is 83.6 Å². The van der Waals surface area contributed by atoms with Gasteiger partial charge in [-0.15, -0.1) is 0 Å². The van der Waals surface area contributed by atoms with Crippen molar-refractivity contribution in [2.45, 2.75) is 105 Å². The second-order valence-electron chi connectivity index (χ2n) is 38.3. The van der Waals surface area contributed by atoms with Crippen molar-refractivity contribution < 1.29 is 0 Å². The maximum absolute atomic E-state index is 12.8. The number of anilines is 6. The molecule has 0 radical (unpaired) electrons. The first-order valence-electron chi connectivity index (χ1n) is 43.4. The minimum absolute atomic E-state index is 0.120. The van der Waals surface area contributed by atoms with Crippen molar-refractivity contribution in [3.8, 4) is 51.7 Å². The molecule has 0 N–H and O–H groups in total. The fourth-order valence-corrected chi connectivity index (χ4v) is 20.9. The molecule has 0 fully saturated rings. The molecule has 9 nitrogen and oxygen atoms in total. The van der Waals surface area contributed by atoms with E-state index in [4.69, 9.17) is 0 Å². The van der Waals surface area contributed by atoms with Gasteiger partial charge in [-0.05, 0) is 217 Å². The summed E-state index contributed by atoms with van der Waals surface area (Å²) in [6.07, 6.45) is 0. The molecule has 0 saturated heterocycles. The first-order chi connectivity index (χ1) is 60.0. The Labute approximate surface area is 722 Å². The predicted octanol–water partition coefficient (Wildman–Crippen LogP) is 27.9. The van der Waals surface area contributed by atoms with Crippen LogP contribution in [0.2, 0.25) is 0 Å². The zero-order valence-corrected chi connectivity index (χ0v) is 71.8. The molecule has 2 aliphatic rings. The van der Waals surface area contributed by atoms with Gasteiger partial charge >= 0.3 is 0 Å². The lowest BCUT2D eigenvalue weighted by molar-refractivity contribution is 0.590. The molecule has 16 aromatic carbocycles. The predicted molar refractivity (Wildman–Crippen MR) is 522 cm³/mol. The Morgan fingerprint density at radius 1 is 0.234 bits per heavy atom. The van der Waals surface area contributed by atoms with Crippen LogP contribution >= 0.6 is 0 Å². The molecule has 0 saturated carbocycles. The van der Waals surface area contributed by atoms with Crippen molar-refractivity contribution >= 4 is 166 Å². The molecule has 0 aliphatic carbocycles. The van der Waals surface area contributed by atoms with Crippen LogP contribution in [0.25, 0.3) is 149 Å². The van der Waals surface area contributed by atoms with Gasteiger partial charge in [0.15, 0.2) is 0 Å². The quantitative estimate of drug-likeness (QED) is 0.142. The molecule has 594 valence electrons. The average molecular weight is 1600 g/mol. The molecular weight excluding hydrogens is 1510 g/mol. The molecule has 0 spiro atoms. The van der Waals surface area contributed by atoms with Crippen molar-refractivity contribution in [1.82, 2.24) is 22.8 Å². The van der Waals surface area contributed by atoms with Crippen molar-refractivity contribution in [3.05, 3.63) is 361 Å². The van der Waals surface area contributed by atoms with Crippen LogP contribution in [0.5, 0.6) is 0 Å². The lowest BCUT2D eigenvalue weighted by Gasteiger charge is -2.45. The Bertz CT molecular complexity index is 7620. The molecular formula is C114H90BN9. The van der Waals surface area contributed by atoms with Gasteiger partial charge in [0.2, 0.25) is 0 Å². The van der Waals surface area contributed by atoms with Crippen LogP contribution in [0.3, 0.4) is 0 Å². The fourth-order valence-electron chi connectivity index (χ4n) is 20.9. The maximum Gasteiger partial charge on any atom is 0.252 e. The van der Waals surface area contributed by atoms with Crippen LogP contribution in [0.4, 0.5) is 34.1 Å². The van der Waals surface area contributed by atoms with Gasteiger partial charge in [0, 0.05) is 88.0 Å². The van der Waals surface area contributed by atoms with Crippen LogP contribution in [-0.4, -0.2) is 29.5 Å². The second kappa shape index (κ2) is 26.8. The number of nitriles is 2. The van der Waals surface area contributed by atoms with Gasteiger partial charge in [-0.3, -0.25) is 0 Å². The monoisotopic (exact) mass is 1600 g/mol. The Balaban J connectivity index is 0.890. The molecule has 7 heterocycles. The van der Waals surface area contributed by atoms with Gasteiger partial charge in [0.25, 0.3) is 6.71 Å². The average Bonchev–Trinajstić information content (AvgIpc) is 0.894. The van der Waals surface area contributed by atoms with E-state index < -0.39 is 6.71 Å². The molecule has 5 aromatic heterocycles. The zero-order valence-electron chi connectivity index (χ0n) is 71.8. The molecule has 23 rings (SSSR count). The highest BCUT2D eigenvalue weighted by Gasteiger charge is 2.46. The summed E-state index contributed by atoms with van der Waals surface area (Å²) in [5.74, 6) is 0. The van der Waals surface area contributed by atoms with E-state index in [1.165, 1.54) is 43.8 Å². The van der Waals surface area contributed by atoms with E-state index in [1.54, 1.807) is 0 Å². The lowest BCUT2D eigenvalue weighted by Crippen LogP contribution is -2.61. The Hall–Kier alpha value is -14.8. The normalized spacial score (nSPS) is 13.1. The van der Waals surface area contributed by atoms with Crippen molar-refractivity contribution in [2.24, 2.45) is 0 Å². The van der Waals surface area contributed by atoms with E-state index >= 15 is 0 Å². The molecule has 2 aliphatic heterocycles. The minimum Gasteiger partial charge on any atom is -0.310 e. The van der Waals surface area contributed by atoms with Crippen molar-refractivity contribution in [2.75, 3.05) is 9.80 Å². The summed E-state index contributed by atoms with van der Waals surface area (Å²) in [7, 11) is 0. The summed E-state index contributed by atoms with van der Waals surface area (Å²) in [6.45, 7) is 27.2. The number of hydrogen-bond donors (Lipinski definition) is 0. The van der Waals surface area contributed by atoms with Gasteiger partial charge in [0.1, 0.15) is 23.3 Å². The summed E-state index contributed by atoms with van der Waals surface area (Å²) < 4.78 is 12.0. The first-order valence-corrected chi connectivity index (χ1v) is 43.4. The zero-order chi connectivity index (χ0) is 84.5. The van der Waals surface area contributed by atoms with Crippen LogP contribution < -0.4 is 26.2 Å². The van der Waals surface area contributed by atoms with Crippen molar-refractivity contribution in [3.63, 3.8) is 0 Å². The van der Waals surface area contributed by atoms with Gasteiger partial charge in [-0.25, -0.2) is 0 Å². The molecule has 10 heteroatoms. The van der Waals surface area contributed by atoms with Crippen LogP contribution in [0.15, 0.2) is 328 Å². The van der Waals surface area contributed by atoms with E-state index in [9.17, 15) is 10.5 Å².